The summed E-state index contributed by atoms with van der Waals surface area (Å²) in [6.45, 7) is 1.35. The van der Waals surface area contributed by atoms with Crippen molar-refractivity contribution in [3.63, 3.8) is 0 Å². The number of aliphatic carboxylic acids is 1. The molecule has 0 spiro atoms. The highest BCUT2D eigenvalue weighted by Crippen LogP contribution is 2.30. The normalized spacial score (nSPS) is 16.4. The lowest BCUT2D eigenvalue weighted by atomic mass is 9.97. The van der Waals surface area contributed by atoms with Crippen molar-refractivity contribution in [2.24, 2.45) is 0 Å². The lowest BCUT2D eigenvalue weighted by Crippen LogP contribution is -2.42. The number of carboxylic acids is 1. The van der Waals surface area contributed by atoms with E-state index in [9.17, 15) is 9.59 Å². The van der Waals surface area contributed by atoms with Crippen molar-refractivity contribution in [2.45, 2.75) is 18.8 Å². The quantitative estimate of drug-likeness (QED) is 0.853. The van der Waals surface area contributed by atoms with Gasteiger partial charge in [0.05, 0.1) is 6.54 Å². The Balaban J connectivity index is 1.54. The third-order valence-corrected chi connectivity index (χ3v) is 4.34. The van der Waals surface area contributed by atoms with Gasteiger partial charge in [-0.1, -0.05) is 11.6 Å². The minimum absolute atomic E-state index is 0.211. The number of fused-ring (bicyclic) bond motifs is 1. The number of nitrogens with one attached hydrogen (secondary N) is 1. The van der Waals surface area contributed by atoms with Crippen LogP contribution in [0.15, 0.2) is 22.6 Å². The first-order valence-corrected chi connectivity index (χ1v) is 8.16. The molecule has 1 aromatic heterocycles. The van der Waals surface area contributed by atoms with E-state index in [1.165, 1.54) is 0 Å². The summed E-state index contributed by atoms with van der Waals surface area (Å²) in [6.07, 6.45) is 1.68. The van der Waals surface area contributed by atoms with Crippen molar-refractivity contribution in [3.8, 4) is 0 Å². The fourth-order valence-electron chi connectivity index (χ4n) is 2.86. The van der Waals surface area contributed by atoms with E-state index in [2.05, 4.69) is 10.3 Å². The van der Waals surface area contributed by atoms with Crippen molar-refractivity contribution in [2.75, 3.05) is 26.2 Å². The molecule has 0 aliphatic carbocycles. The minimum Gasteiger partial charge on any atom is -0.480 e. The molecule has 8 heteroatoms. The van der Waals surface area contributed by atoms with Crippen molar-refractivity contribution < 1.29 is 19.1 Å². The molecule has 2 heterocycles. The monoisotopic (exact) mass is 351 g/mol. The predicted molar refractivity (Wildman–Crippen MR) is 88.1 cm³/mol. The van der Waals surface area contributed by atoms with E-state index in [0.717, 1.165) is 37.0 Å². The van der Waals surface area contributed by atoms with E-state index in [0.29, 0.717) is 10.9 Å². The summed E-state index contributed by atoms with van der Waals surface area (Å²) < 4.78 is 5.81. The zero-order valence-corrected chi connectivity index (χ0v) is 13.8. The molecule has 1 saturated heterocycles. The summed E-state index contributed by atoms with van der Waals surface area (Å²) in [5.74, 6) is -0.387. The second-order valence-electron chi connectivity index (χ2n) is 5.89. The SMILES string of the molecule is O=C(O)CNC(=O)CN1CCC(c2nc3cc(Cl)ccc3o2)CC1. The number of rotatable bonds is 5. The Morgan fingerprint density at radius 3 is 2.83 bits per heavy atom. The Bertz CT molecular complexity index is 753. The standard InChI is InChI=1S/C16H18ClN3O4/c17-11-1-2-13-12(7-11)19-16(24-13)10-3-5-20(6-4-10)9-14(21)18-8-15(22)23/h1-2,7,10H,3-6,8-9H2,(H,18,21)(H,22,23). The molecule has 0 unspecified atom stereocenters. The lowest BCUT2D eigenvalue weighted by molar-refractivity contribution is -0.138. The van der Waals surface area contributed by atoms with Crippen LogP contribution in [0.5, 0.6) is 0 Å². The number of carbonyl (C=O) groups is 2. The van der Waals surface area contributed by atoms with Crippen LogP contribution >= 0.6 is 11.6 Å². The Labute approximate surface area is 143 Å². The fourth-order valence-corrected chi connectivity index (χ4v) is 3.03. The number of halogens is 1. The highest BCUT2D eigenvalue weighted by atomic mass is 35.5. The first kappa shape index (κ1) is 16.7. The van der Waals surface area contributed by atoms with Gasteiger partial charge >= 0.3 is 5.97 Å². The van der Waals surface area contributed by atoms with Crippen molar-refractivity contribution in [1.29, 1.82) is 0 Å². The number of benzene rings is 1. The molecular formula is C16H18ClN3O4. The van der Waals surface area contributed by atoms with E-state index in [-0.39, 0.29) is 24.9 Å². The van der Waals surface area contributed by atoms with Crippen LogP contribution in [0.2, 0.25) is 5.02 Å². The van der Waals surface area contributed by atoms with Crippen LogP contribution in [-0.4, -0.2) is 53.0 Å². The zero-order valence-electron chi connectivity index (χ0n) is 13.0. The smallest absolute Gasteiger partial charge is 0.322 e. The Hall–Kier alpha value is -2.12. The largest absolute Gasteiger partial charge is 0.480 e. The van der Waals surface area contributed by atoms with Gasteiger partial charge in [-0.3, -0.25) is 14.5 Å². The van der Waals surface area contributed by atoms with Gasteiger partial charge in [-0.25, -0.2) is 4.98 Å². The van der Waals surface area contributed by atoms with Crippen LogP contribution in [0.25, 0.3) is 11.1 Å². The second kappa shape index (κ2) is 7.19. The molecule has 0 saturated carbocycles. The van der Waals surface area contributed by atoms with E-state index in [4.69, 9.17) is 21.1 Å². The van der Waals surface area contributed by atoms with Gasteiger partial charge in [0, 0.05) is 10.9 Å². The van der Waals surface area contributed by atoms with Gasteiger partial charge in [0.2, 0.25) is 5.91 Å². The molecule has 0 radical (unpaired) electrons. The average molecular weight is 352 g/mol. The summed E-state index contributed by atoms with van der Waals surface area (Å²) in [6, 6.07) is 5.37. The molecule has 3 rings (SSSR count). The molecule has 0 bridgehead atoms. The molecule has 1 aliphatic heterocycles. The Morgan fingerprint density at radius 2 is 2.12 bits per heavy atom. The van der Waals surface area contributed by atoms with Gasteiger partial charge in [-0.15, -0.1) is 0 Å². The Morgan fingerprint density at radius 1 is 1.38 bits per heavy atom. The summed E-state index contributed by atoms with van der Waals surface area (Å²) in [4.78, 5) is 28.6. The van der Waals surface area contributed by atoms with Gasteiger partial charge in [0.15, 0.2) is 11.5 Å². The molecule has 1 fully saturated rings. The number of carbonyl (C=O) groups excluding carboxylic acids is 1. The summed E-state index contributed by atoms with van der Waals surface area (Å²) in [7, 11) is 0. The van der Waals surface area contributed by atoms with E-state index >= 15 is 0 Å². The van der Waals surface area contributed by atoms with Gasteiger partial charge in [0.25, 0.3) is 0 Å². The predicted octanol–water partition coefficient (Wildman–Crippen LogP) is 1.86. The number of likely N-dealkylation sites (tertiary alicyclic amines) is 1. The van der Waals surface area contributed by atoms with Crippen LogP contribution in [0.4, 0.5) is 0 Å². The zero-order chi connectivity index (χ0) is 17.1. The summed E-state index contributed by atoms with van der Waals surface area (Å²) in [5, 5.41) is 11.6. The van der Waals surface area contributed by atoms with Crippen LogP contribution in [0.1, 0.15) is 24.7 Å². The molecule has 1 aromatic carbocycles. The van der Waals surface area contributed by atoms with Gasteiger partial charge < -0.3 is 14.8 Å². The first-order valence-electron chi connectivity index (χ1n) is 7.78. The molecule has 24 heavy (non-hydrogen) atoms. The fraction of sp³-hybridized carbons (Fsp3) is 0.438. The summed E-state index contributed by atoms with van der Waals surface area (Å²) in [5.41, 5.74) is 1.48. The maximum atomic E-state index is 11.7. The molecule has 2 aromatic rings. The number of amides is 1. The number of nitrogens with zero attached hydrogens (tertiary/aromatic N) is 2. The van der Waals surface area contributed by atoms with E-state index < -0.39 is 5.97 Å². The topological polar surface area (TPSA) is 95.7 Å². The lowest BCUT2D eigenvalue weighted by Gasteiger charge is -2.29. The van der Waals surface area contributed by atoms with Crippen LogP contribution < -0.4 is 5.32 Å². The molecule has 0 atom stereocenters. The number of piperidine rings is 1. The summed E-state index contributed by atoms with van der Waals surface area (Å²) >= 11 is 5.96. The number of oxazole rings is 1. The Kier molecular flexibility index (Phi) is 5.01. The van der Waals surface area contributed by atoms with Gasteiger partial charge in [0.1, 0.15) is 12.1 Å². The van der Waals surface area contributed by atoms with Crippen molar-refractivity contribution in [1.82, 2.24) is 15.2 Å². The van der Waals surface area contributed by atoms with Crippen molar-refractivity contribution in [3.05, 3.63) is 29.1 Å². The maximum Gasteiger partial charge on any atom is 0.322 e. The van der Waals surface area contributed by atoms with Crippen molar-refractivity contribution >= 4 is 34.6 Å². The van der Waals surface area contributed by atoms with E-state index in [1.54, 1.807) is 12.1 Å². The second-order valence-corrected chi connectivity index (χ2v) is 6.32. The van der Waals surface area contributed by atoms with Crippen LogP contribution in [-0.2, 0) is 9.59 Å². The first-order chi connectivity index (χ1) is 11.5. The molecule has 1 amide bonds. The highest BCUT2D eigenvalue weighted by Gasteiger charge is 2.25. The van der Waals surface area contributed by atoms with Crippen LogP contribution in [0.3, 0.4) is 0 Å². The molecular weight excluding hydrogens is 334 g/mol. The molecule has 1 aliphatic rings. The third kappa shape index (κ3) is 4.04. The van der Waals surface area contributed by atoms with Crippen LogP contribution in [0, 0.1) is 0 Å². The molecule has 2 N–H and O–H groups in total. The molecule has 7 nitrogen and oxygen atoms in total. The maximum absolute atomic E-state index is 11.7. The minimum atomic E-state index is -1.04. The number of hydrogen-bond donors (Lipinski definition) is 2. The average Bonchev–Trinajstić information content (AvgIpc) is 2.96. The highest BCUT2D eigenvalue weighted by molar-refractivity contribution is 6.31. The number of hydrogen-bond acceptors (Lipinski definition) is 5. The third-order valence-electron chi connectivity index (χ3n) is 4.11. The number of carboxylic acid groups (broad SMARTS) is 1. The van der Waals surface area contributed by atoms with E-state index in [1.807, 2.05) is 11.0 Å². The molecule has 128 valence electrons. The van der Waals surface area contributed by atoms with Gasteiger partial charge in [-0.05, 0) is 44.1 Å². The number of aromatic nitrogens is 1. The van der Waals surface area contributed by atoms with Gasteiger partial charge in [-0.2, -0.15) is 0 Å².